The molecule has 1 rings (SSSR count). The van der Waals surface area contributed by atoms with Gasteiger partial charge < -0.3 is 10.1 Å². The summed E-state index contributed by atoms with van der Waals surface area (Å²) in [5.41, 5.74) is 0.285. The van der Waals surface area contributed by atoms with E-state index in [1.54, 1.807) is 13.0 Å². The van der Waals surface area contributed by atoms with Crippen molar-refractivity contribution in [1.29, 1.82) is 0 Å². The Hall–Kier alpha value is -1.60. The average Bonchev–Trinajstić information content (AvgIpc) is 2.43. The first-order valence-corrected chi connectivity index (χ1v) is 8.26. The normalized spacial score (nSPS) is 11.5. The van der Waals surface area contributed by atoms with Crippen LogP contribution in [0.5, 0.6) is 5.75 Å². The number of nitrogens with one attached hydrogen (secondary N) is 2. The quantitative estimate of drug-likeness (QED) is 0.796. The maximum absolute atomic E-state index is 12.1. The molecule has 0 aliphatic rings. The van der Waals surface area contributed by atoms with Crippen LogP contribution in [0.2, 0.25) is 0 Å². The van der Waals surface area contributed by atoms with Crippen molar-refractivity contribution in [3.8, 4) is 5.75 Å². The summed E-state index contributed by atoms with van der Waals surface area (Å²) in [5, 5.41) is 2.75. The first kappa shape index (κ1) is 17.5. The topological polar surface area (TPSA) is 84.5 Å². The summed E-state index contributed by atoms with van der Waals surface area (Å²) in [6.07, 6.45) is 0. The van der Waals surface area contributed by atoms with Crippen molar-refractivity contribution in [1.82, 2.24) is 10.0 Å². The van der Waals surface area contributed by atoms with Crippen LogP contribution >= 0.6 is 0 Å². The molecule has 0 aliphatic heterocycles. The second-order valence-electron chi connectivity index (χ2n) is 4.97. The highest BCUT2D eigenvalue weighted by Gasteiger charge is 2.20. The first-order chi connectivity index (χ1) is 9.81. The number of carbonyl (C=O) groups excluding carboxylic acids is 1. The van der Waals surface area contributed by atoms with Crippen molar-refractivity contribution in [2.45, 2.75) is 25.7 Å². The summed E-state index contributed by atoms with van der Waals surface area (Å²) < 4.78 is 31.7. The van der Waals surface area contributed by atoms with Crippen LogP contribution in [0.1, 0.15) is 31.1 Å². The molecule has 118 valence electrons. The van der Waals surface area contributed by atoms with E-state index in [4.69, 9.17) is 4.74 Å². The minimum Gasteiger partial charge on any atom is -0.495 e. The lowest BCUT2D eigenvalue weighted by atomic mass is 10.2. The summed E-state index contributed by atoms with van der Waals surface area (Å²) in [4.78, 5) is 12.0. The van der Waals surface area contributed by atoms with Crippen LogP contribution in [0.4, 0.5) is 0 Å². The number of ether oxygens (including phenoxy) is 1. The molecule has 0 fully saturated rings. The molecule has 6 nitrogen and oxygen atoms in total. The lowest BCUT2D eigenvalue weighted by molar-refractivity contribution is 0.0948. The summed E-state index contributed by atoms with van der Waals surface area (Å²) in [5.74, 6) is 0.216. The van der Waals surface area contributed by atoms with E-state index in [-0.39, 0.29) is 28.7 Å². The molecule has 2 N–H and O–H groups in total. The molecule has 0 radical (unpaired) electrons. The van der Waals surface area contributed by atoms with Crippen LogP contribution in [-0.4, -0.2) is 34.5 Å². The highest BCUT2D eigenvalue weighted by Crippen LogP contribution is 2.24. The fraction of sp³-hybridized carbons (Fsp3) is 0.500. The van der Waals surface area contributed by atoms with E-state index in [0.29, 0.717) is 12.5 Å². The number of hydrogen-bond acceptors (Lipinski definition) is 4. The summed E-state index contributed by atoms with van der Waals surface area (Å²) >= 11 is 0. The van der Waals surface area contributed by atoms with E-state index in [9.17, 15) is 13.2 Å². The van der Waals surface area contributed by atoms with Gasteiger partial charge in [0, 0.05) is 18.7 Å². The summed E-state index contributed by atoms with van der Waals surface area (Å²) in [6.45, 7) is 6.43. The fourth-order valence-electron chi connectivity index (χ4n) is 1.69. The number of carbonyl (C=O) groups is 1. The molecule has 0 saturated carbocycles. The smallest absolute Gasteiger partial charge is 0.251 e. The van der Waals surface area contributed by atoms with Gasteiger partial charge in [-0.25, -0.2) is 13.1 Å². The predicted octanol–water partition coefficient (Wildman–Crippen LogP) is 1.38. The number of rotatable bonds is 7. The van der Waals surface area contributed by atoms with Crippen LogP contribution in [0.15, 0.2) is 23.1 Å². The van der Waals surface area contributed by atoms with Crippen LogP contribution < -0.4 is 14.8 Å². The van der Waals surface area contributed by atoms with Crippen molar-refractivity contribution >= 4 is 15.9 Å². The molecule has 1 aromatic rings. The van der Waals surface area contributed by atoms with Crippen molar-refractivity contribution in [2.75, 3.05) is 20.2 Å². The van der Waals surface area contributed by atoms with Crippen LogP contribution in [0.25, 0.3) is 0 Å². The first-order valence-electron chi connectivity index (χ1n) is 6.77. The Morgan fingerprint density at radius 2 is 2.00 bits per heavy atom. The van der Waals surface area contributed by atoms with Crippen molar-refractivity contribution in [3.05, 3.63) is 23.8 Å². The Morgan fingerprint density at radius 1 is 1.33 bits per heavy atom. The minimum absolute atomic E-state index is 0.0379. The standard InChI is InChI=1S/C14H22N2O4S/c1-5-16-21(18,19)13-8-11(6-7-12(13)20-4)14(17)15-9-10(2)3/h6-8,10,16H,5,9H2,1-4H3,(H,15,17). The van der Waals surface area contributed by atoms with Gasteiger partial charge in [-0.15, -0.1) is 0 Å². The fourth-order valence-corrected chi connectivity index (χ4v) is 2.93. The van der Waals surface area contributed by atoms with Gasteiger partial charge >= 0.3 is 0 Å². The Bertz CT molecular complexity index is 597. The zero-order valence-electron chi connectivity index (χ0n) is 12.8. The lowest BCUT2D eigenvalue weighted by Crippen LogP contribution is -2.28. The minimum atomic E-state index is -3.70. The van der Waals surface area contributed by atoms with Crippen LogP contribution in [0.3, 0.4) is 0 Å². The number of amides is 1. The lowest BCUT2D eigenvalue weighted by Gasteiger charge is -2.12. The summed E-state index contributed by atoms with van der Waals surface area (Å²) in [6, 6.07) is 4.35. The monoisotopic (exact) mass is 314 g/mol. The van der Waals surface area contributed by atoms with Gasteiger partial charge in [0.2, 0.25) is 10.0 Å². The zero-order valence-corrected chi connectivity index (χ0v) is 13.6. The molecule has 0 bridgehead atoms. The third kappa shape index (κ3) is 4.71. The average molecular weight is 314 g/mol. The number of methoxy groups -OCH3 is 1. The molecule has 21 heavy (non-hydrogen) atoms. The predicted molar refractivity (Wildman–Crippen MR) is 81.0 cm³/mol. The van der Waals surface area contributed by atoms with Gasteiger partial charge in [0.25, 0.3) is 5.91 Å². The van der Waals surface area contributed by atoms with E-state index in [0.717, 1.165) is 0 Å². The van der Waals surface area contributed by atoms with E-state index in [2.05, 4.69) is 10.0 Å². The van der Waals surface area contributed by atoms with Crippen LogP contribution in [-0.2, 0) is 10.0 Å². The van der Waals surface area contributed by atoms with Crippen molar-refractivity contribution < 1.29 is 17.9 Å². The van der Waals surface area contributed by atoms with Gasteiger partial charge in [0.05, 0.1) is 7.11 Å². The molecular formula is C14H22N2O4S. The molecule has 0 atom stereocenters. The van der Waals surface area contributed by atoms with Crippen molar-refractivity contribution in [2.24, 2.45) is 5.92 Å². The second-order valence-corrected chi connectivity index (χ2v) is 6.71. The van der Waals surface area contributed by atoms with Gasteiger partial charge in [-0.3, -0.25) is 4.79 Å². The largest absolute Gasteiger partial charge is 0.495 e. The maximum Gasteiger partial charge on any atom is 0.251 e. The Morgan fingerprint density at radius 3 is 2.52 bits per heavy atom. The Balaban J connectivity index is 3.14. The molecule has 0 unspecified atom stereocenters. The number of hydrogen-bond donors (Lipinski definition) is 2. The molecule has 0 saturated heterocycles. The number of benzene rings is 1. The molecule has 7 heteroatoms. The van der Waals surface area contributed by atoms with E-state index in [1.807, 2.05) is 13.8 Å². The second kappa shape index (κ2) is 7.42. The van der Waals surface area contributed by atoms with Gasteiger partial charge in [0.15, 0.2) is 0 Å². The Kier molecular flexibility index (Phi) is 6.17. The molecule has 0 heterocycles. The molecular weight excluding hydrogens is 292 g/mol. The van der Waals surface area contributed by atoms with Crippen molar-refractivity contribution in [3.63, 3.8) is 0 Å². The molecule has 0 spiro atoms. The summed E-state index contributed by atoms with van der Waals surface area (Å²) in [7, 11) is -2.31. The molecule has 1 amide bonds. The van der Waals surface area contributed by atoms with Gasteiger partial charge in [-0.2, -0.15) is 0 Å². The van der Waals surface area contributed by atoms with E-state index in [1.165, 1.54) is 19.2 Å². The number of sulfonamides is 1. The molecule has 0 aliphatic carbocycles. The molecule has 1 aromatic carbocycles. The van der Waals surface area contributed by atoms with Crippen LogP contribution in [0, 0.1) is 5.92 Å². The maximum atomic E-state index is 12.1. The van der Waals surface area contributed by atoms with E-state index >= 15 is 0 Å². The van der Waals surface area contributed by atoms with Gasteiger partial charge in [-0.05, 0) is 24.1 Å². The third-order valence-corrected chi connectivity index (χ3v) is 4.29. The SMILES string of the molecule is CCNS(=O)(=O)c1cc(C(=O)NCC(C)C)ccc1OC. The molecule has 0 aromatic heterocycles. The van der Waals surface area contributed by atoms with Gasteiger partial charge in [-0.1, -0.05) is 20.8 Å². The van der Waals surface area contributed by atoms with Gasteiger partial charge in [0.1, 0.15) is 10.6 Å². The third-order valence-electron chi connectivity index (χ3n) is 2.72. The highest BCUT2D eigenvalue weighted by atomic mass is 32.2. The van der Waals surface area contributed by atoms with E-state index < -0.39 is 10.0 Å². The zero-order chi connectivity index (χ0) is 16.0. The highest BCUT2D eigenvalue weighted by molar-refractivity contribution is 7.89. The Labute approximate surface area is 125 Å².